The van der Waals surface area contributed by atoms with Gasteiger partial charge < -0.3 is 4.74 Å². The maximum Gasteiger partial charge on any atom is 0.235 e. The van der Waals surface area contributed by atoms with Gasteiger partial charge in [-0.15, -0.1) is 11.3 Å². The highest BCUT2D eigenvalue weighted by Crippen LogP contribution is 2.26. The van der Waals surface area contributed by atoms with Crippen LogP contribution in [0.15, 0.2) is 34.6 Å². The van der Waals surface area contributed by atoms with Gasteiger partial charge >= 0.3 is 0 Å². The summed E-state index contributed by atoms with van der Waals surface area (Å²) in [5.74, 6) is 0.848. The fourth-order valence-corrected chi connectivity index (χ4v) is 2.39. The molecule has 5 heteroatoms. The van der Waals surface area contributed by atoms with Crippen molar-refractivity contribution in [3.63, 3.8) is 0 Å². The lowest BCUT2D eigenvalue weighted by molar-refractivity contribution is 0.242. The van der Waals surface area contributed by atoms with Crippen molar-refractivity contribution >= 4 is 17.4 Å². The Hall–Kier alpha value is -1.97. The molecule has 2 aromatic rings. The minimum atomic E-state index is 0.165. The van der Waals surface area contributed by atoms with Crippen molar-refractivity contribution in [3.05, 3.63) is 35.3 Å². The molecule has 0 spiro atoms. The fourth-order valence-electron chi connectivity index (χ4n) is 1.57. The van der Waals surface area contributed by atoms with E-state index in [2.05, 4.69) is 9.98 Å². The van der Waals surface area contributed by atoms with Crippen LogP contribution in [-0.2, 0) is 11.3 Å². The molecule has 98 valence electrons. The molecule has 1 heterocycles. The summed E-state index contributed by atoms with van der Waals surface area (Å²) in [6.45, 7) is 4.28. The summed E-state index contributed by atoms with van der Waals surface area (Å²) in [7, 11) is 0. The minimum absolute atomic E-state index is 0.165. The van der Waals surface area contributed by atoms with Crippen molar-refractivity contribution in [1.29, 1.82) is 0 Å². The van der Waals surface area contributed by atoms with Gasteiger partial charge in [-0.05, 0) is 38.1 Å². The van der Waals surface area contributed by atoms with Gasteiger partial charge in [0, 0.05) is 10.9 Å². The number of ether oxygens (including phenoxy) is 1. The van der Waals surface area contributed by atoms with E-state index in [4.69, 9.17) is 4.74 Å². The van der Waals surface area contributed by atoms with E-state index in [1.807, 2.05) is 43.5 Å². The van der Waals surface area contributed by atoms with Crippen LogP contribution in [0.3, 0.4) is 0 Å². The molecule has 0 aliphatic carbocycles. The SMILES string of the molecule is CC(C)Oc1ccc(-c2nc(CN=C=O)cs2)cc1. The van der Waals surface area contributed by atoms with Crippen LogP contribution < -0.4 is 4.74 Å². The number of isocyanates is 1. The number of aliphatic imine (C=N–C) groups is 1. The molecule has 0 bridgehead atoms. The number of nitrogens with zero attached hydrogens (tertiary/aromatic N) is 2. The van der Waals surface area contributed by atoms with Crippen LogP contribution in [0, 0.1) is 0 Å². The Morgan fingerprint density at radius 2 is 2.11 bits per heavy atom. The quantitative estimate of drug-likeness (QED) is 0.620. The van der Waals surface area contributed by atoms with Gasteiger partial charge in [0.05, 0.1) is 18.3 Å². The van der Waals surface area contributed by atoms with Crippen LogP contribution in [0.2, 0.25) is 0 Å². The molecule has 0 amide bonds. The van der Waals surface area contributed by atoms with Gasteiger partial charge in [0.1, 0.15) is 10.8 Å². The molecule has 1 aromatic carbocycles. The van der Waals surface area contributed by atoms with Crippen molar-refractivity contribution in [2.24, 2.45) is 4.99 Å². The zero-order valence-corrected chi connectivity index (χ0v) is 11.6. The maximum absolute atomic E-state index is 10.1. The molecule has 0 aliphatic heterocycles. The summed E-state index contributed by atoms with van der Waals surface area (Å²) in [5, 5.41) is 2.81. The Balaban J connectivity index is 2.13. The summed E-state index contributed by atoms with van der Waals surface area (Å²) in [6.07, 6.45) is 1.68. The van der Waals surface area contributed by atoms with Crippen molar-refractivity contribution in [1.82, 2.24) is 4.98 Å². The molecular weight excluding hydrogens is 260 g/mol. The third-order valence-electron chi connectivity index (χ3n) is 2.33. The number of carbonyl (C=O) groups excluding carboxylic acids is 1. The number of rotatable bonds is 5. The largest absolute Gasteiger partial charge is 0.491 e. The van der Waals surface area contributed by atoms with Crippen LogP contribution in [-0.4, -0.2) is 17.2 Å². The van der Waals surface area contributed by atoms with E-state index in [9.17, 15) is 4.79 Å². The third kappa shape index (κ3) is 3.74. The van der Waals surface area contributed by atoms with Crippen molar-refractivity contribution in [2.75, 3.05) is 0 Å². The first-order chi connectivity index (χ1) is 9.19. The molecule has 0 aliphatic rings. The molecule has 4 nitrogen and oxygen atoms in total. The number of hydrogen-bond donors (Lipinski definition) is 0. The van der Waals surface area contributed by atoms with Gasteiger partial charge in [0.2, 0.25) is 6.08 Å². The normalized spacial score (nSPS) is 10.3. The Morgan fingerprint density at radius 3 is 2.74 bits per heavy atom. The zero-order valence-electron chi connectivity index (χ0n) is 10.8. The highest BCUT2D eigenvalue weighted by molar-refractivity contribution is 7.13. The predicted molar refractivity (Wildman–Crippen MR) is 75.1 cm³/mol. The molecule has 0 saturated carbocycles. The summed E-state index contributed by atoms with van der Waals surface area (Å²) in [4.78, 5) is 18.0. The molecule has 0 saturated heterocycles. The first-order valence-electron chi connectivity index (χ1n) is 5.94. The van der Waals surface area contributed by atoms with Gasteiger partial charge in [-0.2, -0.15) is 4.99 Å². The second-order valence-electron chi connectivity index (χ2n) is 4.24. The molecule has 0 atom stereocenters. The number of thiazole rings is 1. The Bertz CT molecular complexity index is 584. The number of hydrogen-bond acceptors (Lipinski definition) is 5. The molecule has 0 N–H and O–H groups in total. The van der Waals surface area contributed by atoms with Crippen molar-refractivity contribution < 1.29 is 9.53 Å². The molecule has 1 aromatic heterocycles. The van der Waals surface area contributed by atoms with Gasteiger partial charge in [0.25, 0.3) is 0 Å². The second-order valence-corrected chi connectivity index (χ2v) is 5.10. The molecular formula is C14H14N2O2S. The van der Waals surface area contributed by atoms with Gasteiger partial charge in [-0.3, -0.25) is 0 Å². The summed E-state index contributed by atoms with van der Waals surface area (Å²) in [6, 6.07) is 7.81. The van der Waals surface area contributed by atoms with Gasteiger partial charge in [-0.1, -0.05) is 0 Å². The average Bonchev–Trinajstić information content (AvgIpc) is 2.85. The smallest absolute Gasteiger partial charge is 0.235 e. The molecule has 0 fully saturated rings. The van der Waals surface area contributed by atoms with Crippen molar-refractivity contribution in [3.8, 4) is 16.3 Å². The average molecular weight is 274 g/mol. The van der Waals surface area contributed by atoms with Gasteiger partial charge in [-0.25, -0.2) is 9.78 Å². The van der Waals surface area contributed by atoms with Gasteiger partial charge in [0.15, 0.2) is 0 Å². The van der Waals surface area contributed by atoms with E-state index in [1.54, 1.807) is 0 Å². The zero-order chi connectivity index (χ0) is 13.7. The standard InChI is InChI=1S/C14H14N2O2S/c1-10(2)18-13-5-3-11(4-6-13)14-16-12(8-19-14)7-15-9-17/h3-6,8,10H,7H2,1-2H3. The number of benzene rings is 1. The lowest BCUT2D eigenvalue weighted by Gasteiger charge is -2.09. The van der Waals surface area contributed by atoms with Crippen LogP contribution in [0.5, 0.6) is 5.75 Å². The second kappa shape index (κ2) is 6.27. The Kier molecular flexibility index (Phi) is 4.44. The van der Waals surface area contributed by atoms with E-state index in [1.165, 1.54) is 17.4 Å². The first kappa shape index (κ1) is 13.5. The van der Waals surface area contributed by atoms with Crippen LogP contribution >= 0.6 is 11.3 Å². The lowest BCUT2D eigenvalue weighted by Crippen LogP contribution is -2.05. The van der Waals surface area contributed by atoms with E-state index < -0.39 is 0 Å². The minimum Gasteiger partial charge on any atom is -0.491 e. The fraction of sp³-hybridized carbons (Fsp3) is 0.286. The van der Waals surface area contributed by atoms with Crippen LogP contribution in [0.25, 0.3) is 10.6 Å². The summed E-state index contributed by atoms with van der Waals surface area (Å²) in [5.41, 5.74) is 1.81. The Morgan fingerprint density at radius 1 is 1.37 bits per heavy atom. The van der Waals surface area contributed by atoms with E-state index in [-0.39, 0.29) is 12.6 Å². The predicted octanol–water partition coefficient (Wildman–Crippen LogP) is 3.43. The molecule has 2 rings (SSSR count). The van der Waals surface area contributed by atoms with E-state index in [0.717, 1.165) is 22.0 Å². The van der Waals surface area contributed by atoms with Crippen LogP contribution in [0.4, 0.5) is 0 Å². The Labute approximate surface area is 115 Å². The lowest BCUT2D eigenvalue weighted by atomic mass is 10.2. The highest BCUT2D eigenvalue weighted by Gasteiger charge is 2.05. The van der Waals surface area contributed by atoms with E-state index >= 15 is 0 Å². The maximum atomic E-state index is 10.1. The molecule has 19 heavy (non-hydrogen) atoms. The topological polar surface area (TPSA) is 51.6 Å². The third-order valence-corrected chi connectivity index (χ3v) is 3.27. The van der Waals surface area contributed by atoms with E-state index in [0.29, 0.717) is 0 Å². The summed E-state index contributed by atoms with van der Waals surface area (Å²) < 4.78 is 5.59. The van der Waals surface area contributed by atoms with Crippen LogP contribution in [0.1, 0.15) is 19.5 Å². The monoisotopic (exact) mass is 274 g/mol. The highest BCUT2D eigenvalue weighted by atomic mass is 32.1. The molecule has 0 unspecified atom stereocenters. The molecule has 0 radical (unpaired) electrons. The van der Waals surface area contributed by atoms with Crippen molar-refractivity contribution in [2.45, 2.75) is 26.5 Å². The summed E-state index contributed by atoms with van der Waals surface area (Å²) >= 11 is 1.53. The number of aromatic nitrogens is 1. The first-order valence-corrected chi connectivity index (χ1v) is 6.82.